The molecule has 3 nitrogen and oxygen atoms in total. The van der Waals surface area contributed by atoms with Crippen molar-refractivity contribution < 1.29 is 0 Å². The molecule has 0 spiro atoms. The van der Waals surface area contributed by atoms with Gasteiger partial charge in [-0.15, -0.1) is 0 Å². The number of aromatic nitrogens is 2. The molecule has 1 aliphatic heterocycles. The van der Waals surface area contributed by atoms with Crippen LogP contribution in [0.5, 0.6) is 0 Å². The maximum atomic E-state index is 4.58. The Bertz CT molecular complexity index is 557. The number of benzene rings is 1. The zero-order valence-corrected chi connectivity index (χ0v) is 11.0. The van der Waals surface area contributed by atoms with Crippen LogP contribution in [0, 0.1) is 6.92 Å². The van der Waals surface area contributed by atoms with E-state index in [0.717, 1.165) is 19.4 Å². The summed E-state index contributed by atoms with van der Waals surface area (Å²) in [7, 11) is 0. The summed E-state index contributed by atoms with van der Waals surface area (Å²) >= 11 is 0. The fraction of sp³-hybridized carbons (Fsp3) is 0.400. The predicted molar refractivity (Wildman–Crippen MR) is 74.0 cm³/mol. The third-order valence-corrected chi connectivity index (χ3v) is 3.81. The van der Waals surface area contributed by atoms with E-state index in [4.69, 9.17) is 0 Å². The maximum Gasteiger partial charge on any atom is 0.128 e. The first kappa shape index (κ1) is 11.3. The van der Waals surface area contributed by atoms with Gasteiger partial charge in [0, 0.05) is 12.1 Å². The van der Waals surface area contributed by atoms with Crippen LogP contribution < -0.4 is 5.32 Å². The minimum Gasteiger partial charge on any atom is -0.370 e. The minimum atomic E-state index is 0.378. The summed E-state index contributed by atoms with van der Waals surface area (Å²) in [6.45, 7) is 5.38. The molecule has 1 atom stereocenters. The molecular weight excluding hydrogens is 222 g/mol. The number of aryl methyl sites for hydroxylation is 2. The lowest BCUT2D eigenvalue weighted by atomic mass is 9.97. The molecule has 1 aromatic carbocycles. The molecule has 1 unspecified atom stereocenters. The van der Waals surface area contributed by atoms with Gasteiger partial charge in [-0.2, -0.15) is 5.10 Å². The summed E-state index contributed by atoms with van der Waals surface area (Å²) in [5.41, 5.74) is 4.06. The Morgan fingerprint density at radius 1 is 1.39 bits per heavy atom. The number of hydrogen-bond donors (Lipinski definition) is 1. The van der Waals surface area contributed by atoms with Crippen molar-refractivity contribution in [2.45, 2.75) is 32.7 Å². The number of nitrogens with one attached hydrogen (secondary N) is 1. The smallest absolute Gasteiger partial charge is 0.128 e. The lowest BCUT2D eigenvalue weighted by Gasteiger charge is -2.27. The van der Waals surface area contributed by atoms with Gasteiger partial charge in [-0.05, 0) is 30.9 Å². The monoisotopic (exact) mass is 241 g/mol. The van der Waals surface area contributed by atoms with Gasteiger partial charge in [-0.25, -0.2) is 4.68 Å². The number of nitrogens with zero attached hydrogens (tertiary/aromatic N) is 2. The molecule has 0 radical (unpaired) electrons. The topological polar surface area (TPSA) is 29.9 Å². The molecule has 0 fully saturated rings. The average Bonchev–Trinajstić information content (AvgIpc) is 2.82. The number of fused-ring (bicyclic) bond motifs is 1. The largest absolute Gasteiger partial charge is 0.370 e. The second-order valence-electron chi connectivity index (χ2n) is 4.90. The second kappa shape index (κ2) is 4.48. The molecule has 0 saturated heterocycles. The van der Waals surface area contributed by atoms with Gasteiger partial charge in [0.05, 0.1) is 12.2 Å². The van der Waals surface area contributed by atoms with Crippen LogP contribution in [0.1, 0.15) is 36.1 Å². The Morgan fingerprint density at radius 3 is 3.00 bits per heavy atom. The first-order valence-corrected chi connectivity index (χ1v) is 6.67. The van der Waals surface area contributed by atoms with Crippen molar-refractivity contribution in [1.29, 1.82) is 0 Å². The van der Waals surface area contributed by atoms with E-state index in [1.54, 1.807) is 0 Å². The van der Waals surface area contributed by atoms with E-state index in [1.807, 2.05) is 6.20 Å². The molecular formula is C15H19N3. The van der Waals surface area contributed by atoms with E-state index < -0.39 is 0 Å². The van der Waals surface area contributed by atoms with Gasteiger partial charge < -0.3 is 5.32 Å². The van der Waals surface area contributed by atoms with Gasteiger partial charge in [0.15, 0.2) is 0 Å². The SMILES string of the molecule is CCc1cnn2c1NCCC2c1ccccc1C. The highest BCUT2D eigenvalue weighted by Gasteiger charge is 2.24. The molecule has 1 N–H and O–H groups in total. The number of rotatable bonds is 2. The molecule has 0 saturated carbocycles. The molecule has 2 aromatic rings. The maximum absolute atomic E-state index is 4.58. The number of hydrogen-bond acceptors (Lipinski definition) is 2. The summed E-state index contributed by atoms with van der Waals surface area (Å²) in [6, 6.07) is 9.00. The van der Waals surface area contributed by atoms with Gasteiger partial charge in [-0.3, -0.25) is 0 Å². The van der Waals surface area contributed by atoms with Crippen LogP contribution in [0.25, 0.3) is 0 Å². The molecule has 0 aliphatic carbocycles. The van der Waals surface area contributed by atoms with Crippen molar-refractivity contribution in [2.75, 3.05) is 11.9 Å². The summed E-state index contributed by atoms with van der Waals surface area (Å²) in [5.74, 6) is 1.21. The summed E-state index contributed by atoms with van der Waals surface area (Å²) in [4.78, 5) is 0. The highest BCUT2D eigenvalue weighted by molar-refractivity contribution is 5.47. The van der Waals surface area contributed by atoms with Crippen molar-refractivity contribution in [3.05, 3.63) is 47.2 Å². The second-order valence-corrected chi connectivity index (χ2v) is 4.90. The van der Waals surface area contributed by atoms with E-state index in [2.05, 4.69) is 53.2 Å². The molecule has 1 aromatic heterocycles. The van der Waals surface area contributed by atoms with Crippen LogP contribution in [-0.4, -0.2) is 16.3 Å². The van der Waals surface area contributed by atoms with E-state index in [-0.39, 0.29) is 0 Å². The molecule has 3 rings (SSSR count). The highest BCUT2D eigenvalue weighted by atomic mass is 15.4. The van der Waals surface area contributed by atoms with Crippen LogP contribution in [-0.2, 0) is 6.42 Å². The zero-order valence-electron chi connectivity index (χ0n) is 11.0. The van der Waals surface area contributed by atoms with Gasteiger partial charge in [0.1, 0.15) is 5.82 Å². The highest BCUT2D eigenvalue weighted by Crippen LogP contribution is 2.32. The first-order chi connectivity index (χ1) is 8.81. The van der Waals surface area contributed by atoms with Crippen molar-refractivity contribution in [2.24, 2.45) is 0 Å². The standard InChI is InChI=1S/C15H19N3/c1-3-12-10-17-18-14(8-9-16-15(12)18)13-7-5-4-6-11(13)2/h4-7,10,14,16H,3,8-9H2,1-2H3. The summed E-state index contributed by atoms with van der Waals surface area (Å²) in [5, 5.41) is 8.06. The Morgan fingerprint density at radius 2 is 2.22 bits per heavy atom. The molecule has 2 heterocycles. The van der Waals surface area contributed by atoms with Crippen LogP contribution in [0.3, 0.4) is 0 Å². The summed E-state index contributed by atoms with van der Waals surface area (Å²) < 4.78 is 2.16. The van der Waals surface area contributed by atoms with Crippen LogP contribution in [0.15, 0.2) is 30.5 Å². The van der Waals surface area contributed by atoms with Crippen molar-refractivity contribution in [1.82, 2.24) is 9.78 Å². The average molecular weight is 241 g/mol. The fourth-order valence-corrected chi connectivity index (χ4v) is 2.78. The minimum absolute atomic E-state index is 0.378. The Balaban J connectivity index is 2.07. The molecule has 18 heavy (non-hydrogen) atoms. The normalized spacial score (nSPS) is 18.2. The van der Waals surface area contributed by atoms with Crippen LogP contribution in [0.4, 0.5) is 5.82 Å². The van der Waals surface area contributed by atoms with E-state index in [1.165, 1.54) is 22.5 Å². The van der Waals surface area contributed by atoms with E-state index >= 15 is 0 Å². The molecule has 94 valence electrons. The predicted octanol–water partition coefficient (Wildman–Crippen LogP) is 3.16. The molecule has 1 aliphatic rings. The van der Waals surface area contributed by atoms with Crippen molar-refractivity contribution >= 4 is 5.82 Å². The molecule has 0 amide bonds. The third kappa shape index (κ3) is 1.70. The van der Waals surface area contributed by atoms with Crippen LogP contribution >= 0.6 is 0 Å². The third-order valence-electron chi connectivity index (χ3n) is 3.81. The quantitative estimate of drug-likeness (QED) is 0.875. The van der Waals surface area contributed by atoms with Crippen molar-refractivity contribution in [3.63, 3.8) is 0 Å². The van der Waals surface area contributed by atoms with E-state index in [0.29, 0.717) is 6.04 Å². The van der Waals surface area contributed by atoms with E-state index in [9.17, 15) is 0 Å². The molecule has 0 bridgehead atoms. The van der Waals surface area contributed by atoms with Crippen LogP contribution in [0.2, 0.25) is 0 Å². The first-order valence-electron chi connectivity index (χ1n) is 6.67. The van der Waals surface area contributed by atoms with Gasteiger partial charge in [-0.1, -0.05) is 31.2 Å². The Hall–Kier alpha value is -1.77. The van der Waals surface area contributed by atoms with Gasteiger partial charge >= 0.3 is 0 Å². The van der Waals surface area contributed by atoms with Gasteiger partial charge in [0.2, 0.25) is 0 Å². The van der Waals surface area contributed by atoms with Crippen molar-refractivity contribution in [3.8, 4) is 0 Å². The lowest BCUT2D eigenvalue weighted by molar-refractivity contribution is 0.479. The Labute approximate surface area is 108 Å². The lowest BCUT2D eigenvalue weighted by Crippen LogP contribution is -2.25. The summed E-state index contributed by atoms with van der Waals surface area (Å²) in [6.07, 6.45) is 4.13. The Kier molecular flexibility index (Phi) is 2.82. The zero-order chi connectivity index (χ0) is 12.5. The van der Waals surface area contributed by atoms with Gasteiger partial charge in [0.25, 0.3) is 0 Å². The number of anilines is 1. The fourth-order valence-electron chi connectivity index (χ4n) is 2.78. The molecule has 3 heteroatoms.